The Morgan fingerprint density at radius 3 is 2.43 bits per heavy atom. The van der Waals surface area contributed by atoms with Crippen LogP contribution in [0, 0.1) is 0 Å². The third-order valence-corrected chi connectivity index (χ3v) is 6.03. The van der Waals surface area contributed by atoms with Crippen LogP contribution in [0.3, 0.4) is 0 Å². The third kappa shape index (κ3) is 4.40. The molecule has 2 aromatic carbocycles. The van der Waals surface area contributed by atoms with Crippen molar-refractivity contribution in [1.82, 2.24) is 14.5 Å². The van der Waals surface area contributed by atoms with Crippen LogP contribution in [0.1, 0.15) is 24.4 Å². The van der Waals surface area contributed by atoms with Crippen LogP contribution in [0.5, 0.6) is 0 Å². The van der Waals surface area contributed by atoms with E-state index in [4.69, 9.17) is 0 Å². The number of anilines is 1. The number of H-pyrrole nitrogens is 1. The number of aromatic amines is 1. The number of fused-ring (bicyclic) bond motifs is 1. The number of hydrogen-bond acceptors (Lipinski definition) is 4. The molecule has 1 aromatic heterocycles. The zero-order valence-corrected chi connectivity index (χ0v) is 17.5. The van der Waals surface area contributed by atoms with Crippen molar-refractivity contribution in [2.45, 2.75) is 25.3 Å². The average molecular weight is 429 g/mol. The SMILES string of the molecule is CS(=O)(=O)Nc1ccc(CC(=O)N2CCC(n3c(=O)[nH]c4ccccc43)CC2)cc1. The fourth-order valence-corrected chi connectivity index (χ4v) is 4.57. The summed E-state index contributed by atoms with van der Waals surface area (Å²) in [5, 5.41) is 0. The third-order valence-electron chi connectivity index (χ3n) is 5.42. The molecule has 0 atom stereocenters. The minimum absolute atomic E-state index is 0.0311. The summed E-state index contributed by atoms with van der Waals surface area (Å²) in [4.78, 5) is 29.8. The predicted octanol–water partition coefficient (Wildman–Crippen LogP) is 2.11. The smallest absolute Gasteiger partial charge is 0.326 e. The number of hydrogen-bond donors (Lipinski definition) is 2. The summed E-state index contributed by atoms with van der Waals surface area (Å²) >= 11 is 0. The first-order chi connectivity index (χ1) is 14.3. The van der Waals surface area contributed by atoms with Crippen molar-refractivity contribution in [3.8, 4) is 0 Å². The molecule has 0 spiro atoms. The number of aromatic nitrogens is 2. The molecule has 0 aliphatic carbocycles. The van der Waals surface area contributed by atoms with Gasteiger partial charge in [0.2, 0.25) is 15.9 Å². The van der Waals surface area contributed by atoms with Gasteiger partial charge in [-0.05, 0) is 42.7 Å². The van der Waals surface area contributed by atoms with Crippen molar-refractivity contribution in [3.05, 3.63) is 64.6 Å². The molecule has 8 nitrogen and oxygen atoms in total. The highest BCUT2D eigenvalue weighted by molar-refractivity contribution is 7.92. The summed E-state index contributed by atoms with van der Waals surface area (Å²) in [5.41, 5.74) is 2.92. The molecule has 0 bridgehead atoms. The van der Waals surface area contributed by atoms with Crippen LogP contribution in [-0.2, 0) is 21.2 Å². The largest absolute Gasteiger partial charge is 0.342 e. The molecule has 4 rings (SSSR count). The number of benzene rings is 2. The molecule has 0 radical (unpaired) electrons. The van der Waals surface area contributed by atoms with Crippen molar-refractivity contribution in [2.75, 3.05) is 24.1 Å². The van der Waals surface area contributed by atoms with E-state index < -0.39 is 10.0 Å². The molecule has 1 amide bonds. The lowest BCUT2D eigenvalue weighted by atomic mass is 10.0. The Hall–Kier alpha value is -3.07. The van der Waals surface area contributed by atoms with Gasteiger partial charge in [-0.25, -0.2) is 13.2 Å². The van der Waals surface area contributed by atoms with Crippen molar-refractivity contribution < 1.29 is 13.2 Å². The predicted molar refractivity (Wildman–Crippen MR) is 116 cm³/mol. The van der Waals surface area contributed by atoms with E-state index in [1.54, 1.807) is 24.3 Å². The van der Waals surface area contributed by atoms with E-state index in [9.17, 15) is 18.0 Å². The van der Waals surface area contributed by atoms with Gasteiger partial charge in [0.1, 0.15) is 0 Å². The first-order valence-electron chi connectivity index (χ1n) is 9.84. The van der Waals surface area contributed by atoms with Crippen molar-refractivity contribution in [1.29, 1.82) is 0 Å². The molecular weight excluding hydrogens is 404 g/mol. The number of nitrogens with one attached hydrogen (secondary N) is 2. The van der Waals surface area contributed by atoms with Crippen LogP contribution < -0.4 is 10.4 Å². The topological polar surface area (TPSA) is 104 Å². The summed E-state index contributed by atoms with van der Waals surface area (Å²) in [7, 11) is -3.32. The van der Waals surface area contributed by atoms with E-state index in [2.05, 4.69) is 9.71 Å². The Morgan fingerprint density at radius 1 is 1.10 bits per heavy atom. The highest BCUT2D eigenvalue weighted by Gasteiger charge is 2.26. The minimum Gasteiger partial charge on any atom is -0.342 e. The number of rotatable bonds is 5. The second kappa shape index (κ2) is 7.98. The van der Waals surface area contributed by atoms with Gasteiger partial charge in [0.25, 0.3) is 0 Å². The second-order valence-corrected chi connectivity index (χ2v) is 9.43. The van der Waals surface area contributed by atoms with E-state index in [1.165, 1.54) is 0 Å². The van der Waals surface area contributed by atoms with Gasteiger partial charge < -0.3 is 9.88 Å². The Bertz CT molecular complexity index is 1220. The maximum absolute atomic E-state index is 12.7. The van der Waals surface area contributed by atoms with Gasteiger partial charge in [-0.2, -0.15) is 0 Å². The Morgan fingerprint density at radius 2 is 1.77 bits per heavy atom. The fraction of sp³-hybridized carbons (Fsp3) is 0.333. The molecule has 0 saturated carbocycles. The summed E-state index contributed by atoms with van der Waals surface area (Å²) in [6, 6.07) is 14.5. The molecule has 30 heavy (non-hydrogen) atoms. The van der Waals surface area contributed by atoms with E-state index in [-0.39, 0.29) is 24.1 Å². The quantitative estimate of drug-likeness (QED) is 0.649. The van der Waals surface area contributed by atoms with Gasteiger partial charge in [-0.3, -0.25) is 14.1 Å². The molecule has 2 N–H and O–H groups in total. The lowest BCUT2D eigenvalue weighted by Crippen LogP contribution is -2.41. The summed E-state index contributed by atoms with van der Waals surface area (Å²) in [6.07, 6.45) is 2.81. The van der Waals surface area contributed by atoms with E-state index in [0.29, 0.717) is 18.8 Å². The molecule has 1 aliphatic heterocycles. The molecular formula is C21H24N4O4S. The Kier molecular flexibility index (Phi) is 5.38. The number of amides is 1. The summed E-state index contributed by atoms with van der Waals surface area (Å²) in [5.74, 6) is 0.0311. The number of carbonyl (C=O) groups is 1. The average Bonchev–Trinajstić information content (AvgIpc) is 3.04. The Balaban J connectivity index is 1.37. The van der Waals surface area contributed by atoms with Crippen LogP contribution >= 0.6 is 0 Å². The van der Waals surface area contributed by atoms with Crippen LogP contribution in [0.15, 0.2) is 53.3 Å². The molecule has 0 unspecified atom stereocenters. The van der Waals surface area contributed by atoms with Gasteiger partial charge in [0.15, 0.2) is 0 Å². The second-order valence-electron chi connectivity index (χ2n) is 7.68. The molecule has 3 aromatic rings. The zero-order valence-electron chi connectivity index (χ0n) is 16.7. The number of piperidine rings is 1. The van der Waals surface area contributed by atoms with Crippen LogP contribution in [-0.4, -0.2) is 48.1 Å². The van der Waals surface area contributed by atoms with Gasteiger partial charge in [-0.1, -0.05) is 24.3 Å². The zero-order chi connectivity index (χ0) is 21.3. The highest BCUT2D eigenvalue weighted by atomic mass is 32.2. The lowest BCUT2D eigenvalue weighted by molar-refractivity contribution is -0.131. The number of carbonyl (C=O) groups excluding carboxylic acids is 1. The van der Waals surface area contributed by atoms with Crippen molar-refractivity contribution >= 4 is 32.7 Å². The first-order valence-corrected chi connectivity index (χ1v) is 11.7. The monoisotopic (exact) mass is 428 g/mol. The fourth-order valence-electron chi connectivity index (χ4n) is 4.00. The molecule has 9 heteroatoms. The molecule has 1 aliphatic rings. The van der Waals surface area contributed by atoms with E-state index in [1.807, 2.05) is 33.7 Å². The van der Waals surface area contributed by atoms with Crippen molar-refractivity contribution in [3.63, 3.8) is 0 Å². The van der Waals surface area contributed by atoms with Crippen molar-refractivity contribution in [2.24, 2.45) is 0 Å². The molecule has 1 fully saturated rings. The maximum atomic E-state index is 12.7. The number of para-hydroxylation sites is 2. The van der Waals surface area contributed by atoms with Crippen LogP contribution in [0.25, 0.3) is 11.0 Å². The minimum atomic E-state index is -3.32. The van der Waals surface area contributed by atoms with Gasteiger partial charge in [-0.15, -0.1) is 0 Å². The number of imidazole rings is 1. The lowest BCUT2D eigenvalue weighted by Gasteiger charge is -2.32. The Labute approximate surface area is 174 Å². The molecule has 158 valence electrons. The molecule has 1 saturated heterocycles. The summed E-state index contributed by atoms with van der Waals surface area (Å²) < 4.78 is 26.8. The highest BCUT2D eigenvalue weighted by Crippen LogP contribution is 2.25. The van der Waals surface area contributed by atoms with Gasteiger partial charge in [0.05, 0.1) is 23.7 Å². The number of likely N-dealkylation sites (tertiary alicyclic amines) is 1. The van der Waals surface area contributed by atoms with E-state index in [0.717, 1.165) is 35.7 Å². The number of nitrogens with zero attached hydrogens (tertiary/aromatic N) is 2. The van der Waals surface area contributed by atoms with Gasteiger partial charge in [0, 0.05) is 24.8 Å². The normalized spacial score (nSPS) is 15.4. The summed E-state index contributed by atoms with van der Waals surface area (Å²) in [6.45, 7) is 1.20. The van der Waals surface area contributed by atoms with E-state index >= 15 is 0 Å². The van der Waals surface area contributed by atoms with Crippen LogP contribution in [0.4, 0.5) is 5.69 Å². The maximum Gasteiger partial charge on any atom is 0.326 e. The standard InChI is InChI=1S/C21H24N4O4S/c1-30(28,29)23-16-8-6-15(7-9-16)14-20(26)24-12-10-17(11-13-24)25-19-5-3-2-4-18(19)22-21(25)27/h2-9,17,23H,10-14H2,1H3,(H,22,27). The van der Waals surface area contributed by atoms with Gasteiger partial charge >= 0.3 is 5.69 Å². The number of sulfonamides is 1. The molecule has 2 heterocycles. The first kappa shape index (κ1) is 20.2. The van der Waals surface area contributed by atoms with Crippen LogP contribution in [0.2, 0.25) is 0 Å².